The van der Waals surface area contributed by atoms with Gasteiger partial charge < -0.3 is 4.57 Å². The fourth-order valence-corrected chi connectivity index (χ4v) is 3.81. The average Bonchev–Trinajstić information content (AvgIpc) is 2.75. The number of rotatable bonds is 2. The maximum atomic E-state index is 6.09. The third-order valence-electron chi connectivity index (χ3n) is 4.20. The van der Waals surface area contributed by atoms with E-state index in [1.54, 1.807) is 0 Å². The van der Waals surface area contributed by atoms with Crippen LogP contribution in [0.15, 0.2) is 18.5 Å². The molecule has 0 aliphatic heterocycles. The van der Waals surface area contributed by atoms with E-state index in [4.69, 9.17) is 11.6 Å². The molecular formula is C15H20ClN3. The molecular weight excluding hydrogens is 258 g/mol. The monoisotopic (exact) mass is 277 g/mol. The van der Waals surface area contributed by atoms with Gasteiger partial charge in [0.05, 0.1) is 17.6 Å². The standard InChI is InChI=1S/C15H20ClN3/c1-10-5-11(2)7-12(6-10)19-14-3-4-17-9-13(14)18-15(19)8-16/h3-4,9-12H,5-8H2,1-2H3. The molecule has 2 heterocycles. The molecule has 2 atom stereocenters. The van der Waals surface area contributed by atoms with Gasteiger partial charge in [0.15, 0.2) is 0 Å². The molecule has 1 aliphatic carbocycles. The fourth-order valence-electron chi connectivity index (χ4n) is 3.62. The molecule has 1 fully saturated rings. The number of halogens is 1. The summed E-state index contributed by atoms with van der Waals surface area (Å²) in [4.78, 5) is 8.78. The number of aromatic nitrogens is 3. The Hall–Kier alpha value is -1.09. The molecule has 0 N–H and O–H groups in total. The number of pyridine rings is 1. The highest BCUT2D eigenvalue weighted by molar-refractivity contribution is 6.16. The number of fused-ring (bicyclic) bond motifs is 1. The van der Waals surface area contributed by atoms with Gasteiger partial charge >= 0.3 is 0 Å². The van der Waals surface area contributed by atoms with Gasteiger partial charge in [-0.3, -0.25) is 4.98 Å². The van der Waals surface area contributed by atoms with Gasteiger partial charge in [0.2, 0.25) is 0 Å². The Morgan fingerprint density at radius 1 is 1.26 bits per heavy atom. The highest BCUT2D eigenvalue weighted by atomic mass is 35.5. The van der Waals surface area contributed by atoms with Crippen LogP contribution in [-0.2, 0) is 5.88 Å². The van der Waals surface area contributed by atoms with Crippen molar-refractivity contribution in [2.75, 3.05) is 0 Å². The van der Waals surface area contributed by atoms with Crippen molar-refractivity contribution in [2.45, 2.75) is 45.0 Å². The molecule has 3 nitrogen and oxygen atoms in total. The summed E-state index contributed by atoms with van der Waals surface area (Å²) in [6.07, 6.45) is 7.46. The van der Waals surface area contributed by atoms with Crippen molar-refractivity contribution in [1.82, 2.24) is 14.5 Å². The van der Waals surface area contributed by atoms with Gasteiger partial charge in [0.25, 0.3) is 0 Å². The van der Waals surface area contributed by atoms with Crippen LogP contribution in [0.5, 0.6) is 0 Å². The third-order valence-corrected chi connectivity index (χ3v) is 4.44. The molecule has 2 aromatic heterocycles. The van der Waals surface area contributed by atoms with Crippen LogP contribution in [0.1, 0.15) is 45.0 Å². The summed E-state index contributed by atoms with van der Waals surface area (Å²) in [5.41, 5.74) is 2.14. The molecule has 4 heteroatoms. The van der Waals surface area contributed by atoms with E-state index in [9.17, 15) is 0 Å². The first-order valence-electron chi connectivity index (χ1n) is 7.05. The molecule has 0 radical (unpaired) electrons. The minimum Gasteiger partial charge on any atom is -0.324 e. The summed E-state index contributed by atoms with van der Waals surface area (Å²) >= 11 is 6.09. The molecule has 0 aromatic carbocycles. The zero-order valence-electron chi connectivity index (χ0n) is 11.5. The highest BCUT2D eigenvalue weighted by Gasteiger charge is 2.27. The van der Waals surface area contributed by atoms with E-state index in [1.807, 2.05) is 12.4 Å². The number of hydrogen-bond acceptors (Lipinski definition) is 2. The third kappa shape index (κ3) is 2.36. The summed E-state index contributed by atoms with van der Waals surface area (Å²) in [6.45, 7) is 4.70. The first-order valence-corrected chi connectivity index (χ1v) is 7.59. The van der Waals surface area contributed by atoms with Gasteiger partial charge in [-0.25, -0.2) is 4.98 Å². The van der Waals surface area contributed by atoms with E-state index in [1.165, 1.54) is 24.8 Å². The Balaban J connectivity index is 2.07. The second-order valence-electron chi connectivity index (χ2n) is 5.97. The van der Waals surface area contributed by atoms with Crippen LogP contribution in [0.2, 0.25) is 0 Å². The lowest BCUT2D eigenvalue weighted by Gasteiger charge is -2.33. The predicted molar refractivity (Wildman–Crippen MR) is 78.3 cm³/mol. The van der Waals surface area contributed by atoms with Crippen LogP contribution in [0.4, 0.5) is 0 Å². The lowest BCUT2D eigenvalue weighted by Crippen LogP contribution is -2.23. The first kappa shape index (κ1) is 12.9. The van der Waals surface area contributed by atoms with Crippen LogP contribution in [0.3, 0.4) is 0 Å². The normalized spacial score (nSPS) is 27.8. The molecule has 102 valence electrons. The van der Waals surface area contributed by atoms with Gasteiger partial charge in [-0.1, -0.05) is 13.8 Å². The second kappa shape index (κ2) is 5.12. The number of hydrogen-bond donors (Lipinski definition) is 0. The summed E-state index contributed by atoms with van der Waals surface area (Å²) in [7, 11) is 0. The van der Waals surface area contributed by atoms with E-state index in [2.05, 4.69) is 34.4 Å². The van der Waals surface area contributed by atoms with Gasteiger partial charge in [0, 0.05) is 12.2 Å². The van der Waals surface area contributed by atoms with E-state index < -0.39 is 0 Å². The lowest BCUT2D eigenvalue weighted by atomic mass is 9.80. The minimum atomic E-state index is 0.466. The molecule has 2 unspecified atom stereocenters. The molecule has 1 aliphatic rings. The smallest absolute Gasteiger partial charge is 0.125 e. The van der Waals surface area contributed by atoms with Crippen LogP contribution >= 0.6 is 11.6 Å². The summed E-state index contributed by atoms with van der Waals surface area (Å²) in [5, 5.41) is 0. The van der Waals surface area contributed by atoms with Crippen molar-refractivity contribution in [3.63, 3.8) is 0 Å². The van der Waals surface area contributed by atoms with Crippen LogP contribution in [0.25, 0.3) is 11.0 Å². The van der Waals surface area contributed by atoms with Crippen molar-refractivity contribution in [3.05, 3.63) is 24.3 Å². The molecule has 0 amide bonds. The zero-order valence-corrected chi connectivity index (χ0v) is 12.3. The Kier molecular flexibility index (Phi) is 3.48. The van der Waals surface area contributed by atoms with E-state index >= 15 is 0 Å². The van der Waals surface area contributed by atoms with Crippen molar-refractivity contribution >= 4 is 22.6 Å². The van der Waals surface area contributed by atoms with E-state index in [0.29, 0.717) is 11.9 Å². The fraction of sp³-hybridized carbons (Fsp3) is 0.600. The quantitative estimate of drug-likeness (QED) is 0.772. The molecule has 19 heavy (non-hydrogen) atoms. The summed E-state index contributed by atoms with van der Waals surface area (Å²) < 4.78 is 2.36. The molecule has 2 aromatic rings. The topological polar surface area (TPSA) is 30.7 Å². The Morgan fingerprint density at radius 2 is 2.00 bits per heavy atom. The minimum absolute atomic E-state index is 0.466. The summed E-state index contributed by atoms with van der Waals surface area (Å²) in [5.74, 6) is 3.00. The lowest BCUT2D eigenvalue weighted by molar-refractivity contribution is 0.222. The summed E-state index contributed by atoms with van der Waals surface area (Å²) in [6, 6.07) is 2.59. The average molecular weight is 278 g/mol. The number of alkyl halides is 1. The Labute approximate surface area is 119 Å². The van der Waals surface area contributed by atoms with Crippen LogP contribution in [0, 0.1) is 11.8 Å². The largest absolute Gasteiger partial charge is 0.324 e. The van der Waals surface area contributed by atoms with Crippen molar-refractivity contribution in [1.29, 1.82) is 0 Å². The van der Waals surface area contributed by atoms with E-state index in [0.717, 1.165) is 23.2 Å². The number of imidazole rings is 1. The molecule has 0 bridgehead atoms. The van der Waals surface area contributed by atoms with Crippen molar-refractivity contribution < 1.29 is 0 Å². The maximum Gasteiger partial charge on any atom is 0.125 e. The highest BCUT2D eigenvalue weighted by Crippen LogP contribution is 2.38. The molecule has 3 rings (SSSR count). The molecule has 0 saturated heterocycles. The van der Waals surface area contributed by atoms with Crippen molar-refractivity contribution in [3.8, 4) is 0 Å². The van der Waals surface area contributed by atoms with Gasteiger partial charge in [0.1, 0.15) is 11.3 Å². The molecule has 1 saturated carbocycles. The van der Waals surface area contributed by atoms with Gasteiger partial charge in [-0.05, 0) is 37.2 Å². The maximum absolute atomic E-state index is 6.09. The van der Waals surface area contributed by atoms with Crippen LogP contribution < -0.4 is 0 Å². The van der Waals surface area contributed by atoms with Gasteiger partial charge in [-0.2, -0.15) is 0 Å². The van der Waals surface area contributed by atoms with Crippen molar-refractivity contribution in [2.24, 2.45) is 11.8 Å². The van der Waals surface area contributed by atoms with Gasteiger partial charge in [-0.15, -0.1) is 11.6 Å². The Bertz CT molecular complexity index is 568. The van der Waals surface area contributed by atoms with Crippen LogP contribution in [-0.4, -0.2) is 14.5 Å². The Morgan fingerprint density at radius 3 is 2.68 bits per heavy atom. The zero-order chi connectivity index (χ0) is 13.4. The second-order valence-corrected chi connectivity index (χ2v) is 6.23. The SMILES string of the molecule is CC1CC(C)CC(n2c(CCl)nc3cnccc32)C1. The first-order chi connectivity index (χ1) is 9.19. The number of nitrogens with zero attached hydrogens (tertiary/aromatic N) is 3. The van der Waals surface area contributed by atoms with E-state index in [-0.39, 0.29) is 0 Å². The predicted octanol–water partition coefficient (Wildman–Crippen LogP) is 4.17. The molecule has 0 spiro atoms.